The van der Waals surface area contributed by atoms with Crippen molar-refractivity contribution in [2.75, 3.05) is 18.0 Å². The van der Waals surface area contributed by atoms with Crippen molar-refractivity contribution in [3.63, 3.8) is 0 Å². The van der Waals surface area contributed by atoms with Crippen LogP contribution in [-0.2, 0) is 0 Å². The fraction of sp³-hybridized carbons (Fsp3) is 0.455. The molecule has 1 unspecified atom stereocenters. The van der Waals surface area contributed by atoms with Crippen LogP contribution in [0.15, 0.2) is 30.3 Å². The molecule has 0 saturated heterocycles. The summed E-state index contributed by atoms with van der Waals surface area (Å²) in [6.07, 6.45) is 0. The molecule has 0 aliphatic carbocycles. The summed E-state index contributed by atoms with van der Waals surface area (Å²) >= 11 is 0. The van der Waals surface area contributed by atoms with E-state index in [-0.39, 0.29) is 12.4 Å². The Balaban J connectivity index is 0.00000169. The Bertz CT molecular complexity index is 238. The molecule has 0 bridgehead atoms. The monoisotopic (exact) mass is 214 g/mol. The summed E-state index contributed by atoms with van der Waals surface area (Å²) in [5.41, 5.74) is 6.90. The third-order valence-electron chi connectivity index (χ3n) is 2.30. The highest BCUT2D eigenvalue weighted by molar-refractivity contribution is 5.85. The molecular formula is C11H19ClN2. The molecule has 0 spiro atoms. The zero-order valence-electron chi connectivity index (χ0n) is 8.81. The number of anilines is 1. The van der Waals surface area contributed by atoms with Crippen molar-refractivity contribution in [2.24, 2.45) is 5.73 Å². The summed E-state index contributed by atoms with van der Waals surface area (Å²) in [4.78, 5) is 2.31. The van der Waals surface area contributed by atoms with E-state index in [1.807, 2.05) is 6.07 Å². The summed E-state index contributed by atoms with van der Waals surface area (Å²) in [6.45, 7) is 6.00. The van der Waals surface area contributed by atoms with E-state index in [2.05, 4.69) is 43.0 Å². The molecular weight excluding hydrogens is 196 g/mol. The predicted octanol–water partition coefficient (Wildman–Crippen LogP) is 2.28. The van der Waals surface area contributed by atoms with Crippen molar-refractivity contribution >= 4 is 18.1 Å². The van der Waals surface area contributed by atoms with Crippen LogP contribution in [0.25, 0.3) is 0 Å². The van der Waals surface area contributed by atoms with Crippen molar-refractivity contribution < 1.29 is 0 Å². The van der Waals surface area contributed by atoms with Crippen LogP contribution in [0, 0.1) is 0 Å². The van der Waals surface area contributed by atoms with Gasteiger partial charge in [-0.25, -0.2) is 0 Å². The van der Waals surface area contributed by atoms with Crippen LogP contribution in [-0.4, -0.2) is 19.1 Å². The minimum atomic E-state index is 0. The maximum Gasteiger partial charge on any atom is 0.0383 e. The van der Waals surface area contributed by atoms with E-state index >= 15 is 0 Å². The van der Waals surface area contributed by atoms with E-state index in [4.69, 9.17) is 5.73 Å². The van der Waals surface area contributed by atoms with Gasteiger partial charge in [0.25, 0.3) is 0 Å². The molecule has 1 aromatic rings. The molecule has 80 valence electrons. The minimum Gasteiger partial charge on any atom is -0.368 e. The van der Waals surface area contributed by atoms with Crippen molar-refractivity contribution in [1.29, 1.82) is 0 Å². The molecule has 0 aromatic heterocycles. The molecule has 1 atom stereocenters. The van der Waals surface area contributed by atoms with E-state index in [1.165, 1.54) is 5.69 Å². The first kappa shape index (κ1) is 13.3. The number of halogens is 1. The second kappa shape index (κ2) is 6.68. The van der Waals surface area contributed by atoms with Gasteiger partial charge in [-0.15, -0.1) is 12.4 Å². The lowest BCUT2D eigenvalue weighted by Crippen LogP contribution is -2.38. The Hall–Kier alpha value is -0.730. The van der Waals surface area contributed by atoms with Crippen LogP contribution in [0.3, 0.4) is 0 Å². The number of nitrogens with two attached hydrogens (primary N) is 1. The number of nitrogens with zero attached hydrogens (tertiary/aromatic N) is 1. The standard InChI is InChI=1S/C11H18N2.ClH/c1-3-13(10(2)9-12)11-7-5-4-6-8-11;/h4-8,10H,3,9,12H2,1-2H3;1H. The van der Waals surface area contributed by atoms with Crippen LogP contribution >= 0.6 is 12.4 Å². The number of para-hydroxylation sites is 1. The lowest BCUT2D eigenvalue weighted by Gasteiger charge is -2.29. The van der Waals surface area contributed by atoms with Gasteiger partial charge in [0.1, 0.15) is 0 Å². The van der Waals surface area contributed by atoms with E-state index in [0.717, 1.165) is 6.54 Å². The molecule has 1 rings (SSSR count). The first-order valence-electron chi connectivity index (χ1n) is 4.81. The highest BCUT2D eigenvalue weighted by atomic mass is 35.5. The SMILES string of the molecule is CCN(c1ccccc1)C(C)CN.Cl. The number of likely N-dealkylation sites (N-methyl/N-ethyl adjacent to an activating group) is 1. The molecule has 0 heterocycles. The van der Waals surface area contributed by atoms with Gasteiger partial charge in [0.15, 0.2) is 0 Å². The second-order valence-corrected chi connectivity index (χ2v) is 3.21. The molecule has 0 aliphatic rings. The summed E-state index contributed by atoms with van der Waals surface area (Å²) < 4.78 is 0. The van der Waals surface area contributed by atoms with Gasteiger partial charge in [-0.3, -0.25) is 0 Å². The van der Waals surface area contributed by atoms with Gasteiger partial charge >= 0.3 is 0 Å². The zero-order valence-corrected chi connectivity index (χ0v) is 9.63. The topological polar surface area (TPSA) is 29.3 Å². The van der Waals surface area contributed by atoms with Gasteiger partial charge in [-0.2, -0.15) is 0 Å². The van der Waals surface area contributed by atoms with Gasteiger partial charge in [-0.05, 0) is 26.0 Å². The molecule has 2 nitrogen and oxygen atoms in total. The predicted molar refractivity (Wildman–Crippen MR) is 65.2 cm³/mol. The normalized spacial score (nSPS) is 11.6. The lowest BCUT2D eigenvalue weighted by molar-refractivity contribution is 0.657. The van der Waals surface area contributed by atoms with E-state index < -0.39 is 0 Å². The molecule has 3 heteroatoms. The Morgan fingerprint density at radius 3 is 2.29 bits per heavy atom. The van der Waals surface area contributed by atoms with E-state index in [1.54, 1.807) is 0 Å². The average Bonchev–Trinajstić information content (AvgIpc) is 2.20. The van der Waals surface area contributed by atoms with Gasteiger partial charge in [0.2, 0.25) is 0 Å². The molecule has 0 amide bonds. The quantitative estimate of drug-likeness (QED) is 0.834. The highest BCUT2D eigenvalue weighted by Crippen LogP contribution is 2.15. The summed E-state index contributed by atoms with van der Waals surface area (Å²) in [6, 6.07) is 10.8. The van der Waals surface area contributed by atoms with Crippen molar-refractivity contribution in [2.45, 2.75) is 19.9 Å². The number of benzene rings is 1. The van der Waals surface area contributed by atoms with Crippen LogP contribution in [0.4, 0.5) is 5.69 Å². The molecule has 14 heavy (non-hydrogen) atoms. The van der Waals surface area contributed by atoms with Gasteiger partial charge in [-0.1, -0.05) is 18.2 Å². The Kier molecular flexibility index (Phi) is 6.34. The van der Waals surface area contributed by atoms with E-state index in [0.29, 0.717) is 12.6 Å². The van der Waals surface area contributed by atoms with Crippen LogP contribution in [0.5, 0.6) is 0 Å². The van der Waals surface area contributed by atoms with Crippen LogP contribution < -0.4 is 10.6 Å². The highest BCUT2D eigenvalue weighted by Gasteiger charge is 2.09. The van der Waals surface area contributed by atoms with Gasteiger partial charge in [0, 0.05) is 24.8 Å². The lowest BCUT2D eigenvalue weighted by atomic mass is 10.2. The van der Waals surface area contributed by atoms with Gasteiger partial charge < -0.3 is 10.6 Å². The third kappa shape index (κ3) is 3.20. The van der Waals surface area contributed by atoms with Crippen molar-refractivity contribution in [1.82, 2.24) is 0 Å². The Morgan fingerprint density at radius 1 is 1.29 bits per heavy atom. The summed E-state index contributed by atoms with van der Waals surface area (Å²) in [5.74, 6) is 0. The average molecular weight is 215 g/mol. The van der Waals surface area contributed by atoms with Crippen molar-refractivity contribution in [3.8, 4) is 0 Å². The van der Waals surface area contributed by atoms with Crippen LogP contribution in [0.1, 0.15) is 13.8 Å². The molecule has 0 aliphatic heterocycles. The van der Waals surface area contributed by atoms with Crippen LogP contribution in [0.2, 0.25) is 0 Å². The van der Waals surface area contributed by atoms with E-state index in [9.17, 15) is 0 Å². The smallest absolute Gasteiger partial charge is 0.0383 e. The molecule has 0 saturated carbocycles. The summed E-state index contributed by atoms with van der Waals surface area (Å²) in [5, 5.41) is 0. The largest absolute Gasteiger partial charge is 0.368 e. The second-order valence-electron chi connectivity index (χ2n) is 3.21. The Morgan fingerprint density at radius 2 is 1.86 bits per heavy atom. The Labute approximate surface area is 92.5 Å². The third-order valence-corrected chi connectivity index (χ3v) is 2.30. The minimum absolute atomic E-state index is 0. The van der Waals surface area contributed by atoms with Crippen molar-refractivity contribution in [3.05, 3.63) is 30.3 Å². The molecule has 0 fully saturated rings. The first-order chi connectivity index (χ1) is 6.29. The maximum absolute atomic E-state index is 5.64. The maximum atomic E-state index is 5.64. The number of hydrogen-bond donors (Lipinski definition) is 1. The first-order valence-corrected chi connectivity index (χ1v) is 4.81. The van der Waals surface area contributed by atoms with Gasteiger partial charge in [0.05, 0.1) is 0 Å². The molecule has 2 N–H and O–H groups in total. The number of rotatable bonds is 4. The fourth-order valence-corrected chi connectivity index (χ4v) is 1.50. The number of hydrogen-bond acceptors (Lipinski definition) is 2. The molecule has 0 radical (unpaired) electrons. The summed E-state index contributed by atoms with van der Waals surface area (Å²) in [7, 11) is 0. The fourth-order valence-electron chi connectivity index (χ4n) is 1.50. The molecule has 1 aromatic carbocycles. The zero-order chi connectivity index (χ0) is 9.68.